The molecule has 3 rings (SSSR count). The Morgan fingerprint density at radius 3 is 3.19 bits per heavy atom. The van der Waals surface area contributed by atoms with Crippen LogP contribution in [-0.2, 0) is 17.8 Å². The van der Waals surface area contributed by atoms with Crippen molar-refractivity contribution in [2.45, 2.75) is 13.0 Å². The lowest BCUT2D eigenvalue weighted by molar-refractivity contribution is 0.108. The van der Waals surface area contributed by atoms with Crippen molar-refractivity contribution in [3.8, 4) is 11.4 Å². The number of hydrogen-bond acceptors (Lipinski definition) is 4. The minimum Gasteiger partial charge on any atom is -0.472 e. The van der Waals surface area contributed by atoms with Gasteiger partial charge in [-0.15, -0.1) is 0 Å². The molecule has 0 bridgehead atoms. The summed E-state index contributed by atoms with van der Waals surface area (Å²) in [5.41, 5.74) is 2.12. The maximum Gasteiger partial charge on any atom is 0.256 e. The summed E-state index contributed by atoms with van der Waals surface area (Å²) in [6.07, 6.45) is 3.80. The molecular weight excluding hydrogens is 208 g/mol. The molecule has 0 saturated carbocycles. The molecular formula is C11H10N2O3. The standard InChI is InChI=1S/C11H10N2O3/c14-11-8-6-16-4-2-9(8)12-10(13-11)7-1-3-15-5-7/h1,3,5H,2,4,6H2,(H,12,13,14). The molecule has 82 valence electrons. The van der Waals surface area contributed by atoms with Gasteiger partial charge in [-0.05, 0) is 6.07 Å². The Bertz CT molecular complexity index is 557. The summed E-state index contributed by atoms with van der Waals surface area (Å²) in [4.78, 5) is 18.9. The first-order chi connectivity index (χ1) is 7.84. The predicted octanol–water partition coefficient (Wildman–Crippen LogP) is 1.10. The summed E-state index contributed by atoms with van der Waals surface area (Å²) in [6.45, 7) is 0.970. The zero-order valence-electron chi connectivity index (χ0n) is 8.53. The smallest absolute Gasteiger partial charge is 0.256 e. The van der Waals surface area contributed by atoms with Crippen molar-refractivity contribution in [1.29, 1.82) is 0 Å². The third kappa shape index (κ3) is 1.45. The average molecular weight is 218 g/mol. The van der Waals surface area contributed by atoms with E-state index in [1.165, 1.54) is 0 Å². The quantitative estimate of drug-likeness (QED) is 0.778. The number of rotatable bonds is 1. The van der Waals surface area contributed by atoms with Crippen LogP contribution in [-0.4, -0.2) is 16.6 Å². The Morgan fingerprint density at radius 1 is 1.44 bits per heavy atom. The second-order valence-electron chi connectivity index (χ2n) is 3.65. The number of nitrogens with zero attached hydrogens (tertiary/aromatic N) is 1. The van der Waals surface area contributed by atoms with Gasteiger partial charge in [0.05, 0.1) is 36.3 Å². The van der Waals surface area contributed by atoms with E-state index >= 15 is 0 Å². The molecule has 0 atom stereocenters. The van der Waals surface area contributed by atoms with Crippen molar-refractivity contribution < 1.29 is 9.15 Å². The van der Waals surface area contributed by atoms with Crippen molar-refractivity contribution in [3.63, 3.8) is 0 Å². The van der Waals surface area contributed by atoms with E-state index < -0.39 is 0 Å². The van der Waals surface area contributed by atoms with E-state index in [1.807, 2.05) is 0 Å². The fraction of sp³-hybridized carbons (Fsp3) is 0.273. The summed E-state index contributed by atoms with van der Waals surface area (Å²) >= 11 is 0. The molecule has 1 N–H and O–H groups in total. The van der Waals surface area contributed by atoms with Gasteiger partial charge in [0.15, 0.2) is 0 Å². The number of ether oxygens (including phenoxy) is 1. The van der Waals surface area contributed by atoms with Gasteiger partial charge >= 0.3 is 0 Å². The van der Waals surface area contributed by atoms with Crippen LogP contribution in [0.4, 0.5) is 0 Å². The van der Waals surface area contributed by atoms with Crippen LogP contribution >= 0.6 is 0 Å². The highest BCUT2D eigenvalue weighted by atomic mass is 16.5. The first-order valence-corrected chi connectivity index (χ1v) is 5.07. The van der Waals surface area contributed by atoms with Crippen LogP contribution in [0.1, 0.15) is 11.3 Å². The molecule has 0 aromatic carbocycles. The molecule has 1 aliphatic rings. The molecule has 0 amide bonds. The Morgan fingerprint density at radius 2 is 2.38 bits per heavy atom. The van der Waals surface area contributed by atoms with Crippen LogP contribution in [0.5, 0.6) is 0 Å². The van der Waals surface area contributed by atoms with Gasteiger partial charge in [0.1, 0.15) is 12.1 Å². The molecule has 5 nitrogen and oxygen atoms in total. The minimum absolute atomic E-state index is 0.124. The molecule has 0 spiro atoms. The van der Waals surface area contributed by atoms with Crippen LogP contribution in [0.25, 0.3) is 11.4 Å². The van der Waals surface area contributed by atoms with Crippen LogP contribution in [0.15, 0.2) is 27.8 Å². The Kier molecular flexibility index (Phi) is 2.11. The summed E-state index contributed by atoms with van der Waals surface area (Å²) < 4.78 is 10.2. The SMILES string of the molecule is O=c1[nH]c(-c2ccoc2)nc2c1COCC2. The van der Waals surface area contributed by atoms with Crippen LogP contribution in [0.3, 0.4) is 0 Å². The molecule has 5 heteroatoms. The van der Waals surface area contributed by atoms with Crippen molar-refractivity contribution >= 4 is 0 Å². The predicted molar refractivity (Wildman–Crippen MR) is 55.9 cm³/mol. The van der Waals surface area contributed by atoms with E-state index in [0.29, 0.717) is 31.0 Å². The Balaban J connectivity index is 2.16. The van der Waals surface area contributed by atoms with Crippen molar-refractivity contribution in [1.82, 2.24) is 9.97 Å². The largest absolute Gasteiger partial charge is 0.472 e. The Labute approximate surface area is 91.1 Å². The third-order valence-electron chi connectivity index (χ3n) is 2.63. The number of fused-ring (bicyclic) bond motifs is 1. The average Bonchev–Trinajstić information content (AvgIpc) is 2.82. The zero-order chi connectivity index (χ0) is 11.0. The summed E-state index contributed by atoms with van der Waals surface area (Å²) in [5.74, 6) is 0.555. The zero-order valence-corrected chi connectivity index (χ0v) is 8.53. The van der Waals surface area contributed by atoms with E-state index in [4.69, 9.17) is 9.15 Å². The van der Waals surface area contributed by atoms with Crippen LogP contribution in [0, 0.1) is 0 Å². The van der Waals surface area contributed by atoms with Crippen molar-refractivity contribution in [2.75, 3.05) is 6.61 Å². The number of H-pyrrole nitrogens is 1. The van der Waals surface area contributed by atoms with Gasteiger partial charge in [-0.3, -0.25) is 4.79 Å². The monoisotopic (exact) mass is 218 g/mol. The maximum absolute atomic E-state index is 11.8. The van der Waals surface area contributed by atoms with Gasteiger partial charge < -0.3 is 14.1 Å². The van der Waals surface area contributed by atoms with Crippen LogP contribution in [0.2, 0.25) is 0 Å². The lowest BCUT2D eigenvalue weighted by Crippen LogP contribution is -2.24. The minimum atomic E-state index is -0.124. The van der Waals surface area contributed by atoms with Gasteiger partial charge in [0, 0.05) is 6.42 Å². The van der Waals surface area contributed by atoms with E-state index in [2.05, 4.69) is 9.97 Å². The number of aromatic amines is 1. The maximum atomic E-state index is 11.8. The van der Waals surface area contributed by atoms with Gasteiger partial charge in [-0.1, -0.05) is 0 Å². The first kappa shape index (κ1) is 9.35. The summed E-state index contributed by atoms with van der Waals surface area (Å²) in [5, 5.41) is 0. The number of nitrogens with one attached hydrogen (secondary N) is 1. The lowest BCUT2D eigenvalue weighted by atomic mass is 10.1. The topological polar surface area (TPSA) is 68.1 Å². The third-order valence-corrected chi connectivity index (χ3v) is 2.63. The van der Waals surface area contributed by atoms with Gasteiger partial charge in [0.25, 0.3) is 5.56 Å². The van der Waals surface area contributed by atoms with Gasteiger partial charge in [0.2, 0.25) is 0 Å². The van der Waals surface area contributed by atoms with E-state index in [1.54, 1.807) is 18.6 Å². The Hall–Kier alpha value is -1.88. The molecule has 16 heavy (non-hydrogen) atoms. The van der Waals surface area contributed by atoms with Crippen molar-refractivity contribution in [3.05, 3.63) is 40.2 Å². The molecule has 0 fully saturated rings. The fourth-order valence-electron chi connectivity index (χ4n) is 1.78. The fourth-order valence-corrected chi connectivity index (χ4v) is 1.78. The van der Waals surface area contributed by atoms with E-state index in [0.717, 1.165) is 11.3 Å². The highest BCUT2D eigenvalue weighted by Crippen LogP contribution is 2.17. The summed E-state index contributed by atoms with van der Waals surface area (Å²) in [6, 6.07) is 1.77. The second-order valence-corrected chi connectivity index (χ2v) is 3.65. The molecule has 0 radical (unpaired) electrons. The number of aromatic nitrogens is 2. The van der Waals surface area contributed by atoms with Crippen molar-refractivity contribution in [2.24, 2.45) is 0 Å². The number of furan rings is 1. The van der Waals surface area contributed by atoms with Crippen LogP contribution < -0.4 is 5.56 Å². The molecule has 1 aliphatic heterocycles. The van der Waals surface area contributed by atoms with Gasteiger partial charge in [-0.2, -0.15) is 0 Å². The lowest BCUT2D eigenvalue weighted by Gasteiger charge is -2.14. The molecule has 0 saturated heterocycles. The summed E-state index contributed by atoms with van der Waals surface area (Å²) in [7, 11) is 0. The highest BCUT2D eigenvalue weighted by molar-refractivity contribution is 5.52. The van der Waals surface area contributed by atoms with E-state index in [9.17, 15) is 4.79 Å². The molecule has 0 aliphatic carbocycles. The molecule has 3 heterocycles. The molecule has 2 aromatic rings. The number of hydrogen-bond donors (Lipinski definition) is 1. The first-order valence-electron chi connectivity index (χ1n) is 5.07. The molecule has 2 aromatic heterocycles. The highest BCUT2D eigenvalue weighted by Gasteiger charge is 2.16. The second kappa shape index (κ2) is 3.61. The van der Waals surface area contributed by atoms with Gasteiger partial charge in [-0.25, -0.2) is 4.98 Å². The van der Waals surface area contributed by atoms with E-state index in [-0.39, 0.29) is 5.56 Å². The molecule has 0 unspecified atom stereocenters. The normalized spacial score (nSPS) is 14.8.